The van der Waals surface area contributed by atoms with Gasteiger partial charge in [-0.05, 0) is 47.0 Å². The summed E-state index contributed by atoms with van der Waals surface area (Å²) in [5.41, 5.74) is 0.757. The molecule has 2 N–H and O–H groups in total. The molecule has 2 aromatic rings. The van der Waals surface area contributed by atoms with Crippen molar-refractivity contribution < 1.29 is 4.79 Å². The van der Waals surface area contributed by atoms with Crippen LogP contribution >= 0.6 is 15.9 Å². The molecule has 0 unspecified atom stereocenters. The van der Waals surface area contributed by atoms with Gasteiger partial charge in [-0.25, -0.2) is 9.78 Å². The fourth-order valence-corrected chi connectivity index (χ4v) is 2.40. The Kier molecular flexibility index (Phi) is 3.11. The van der Waals surface area contributed by atoms with E-state index in [4.69, 9.17) is 0 Å². The van der Waals surface area contributed by atoms with Crippen molar-refractivity contribution in [2.75, 3.05) is 10.6 Å². The van der Waals surface area contributed by atoms with Gasteiger partial charge >= 0.3 is 6.03 Å². The van der Waals surface area contributed by atoms with Gasteiger partial charge in [0, 0.05) is 17.9 Å². The van der Waals surface area contributed by atoms with Crippen LogP contribution in [-0.2, 0) is 0 Å². The average molecular weight is 359 g/mol. The molecule has 1 aromatic carbocycles. The number of nitrogens with one attached hydrogen (secondary N) is 2. The van der Waals surface area contributed by atoms with Crippen LogP contribution in [-0.4, -0.2) is 22.0 Å². The number of aromatic nitrogens is 2. The summed E-state index contributed by atoms with van der Waals surface area (Å²) in [5.74, 6) is 1.25. The Hall–Kier alpha value is -2.35. The summed E-state index contributed by atoms with van der Waals surface area (Å²) in [4.78, 5) is 27.5. The molecule has 0 saturated heterocycles. The quantitative estimate of drug-likeness (QED) is 0.871. The van der Waals surface area contributed by atoms with Crippen LogP contribution in [0.5, 0.6) is 0 Å². The van der Waals surface area contributed by atoms with E-state index in [1.54, 1.807) is 18.3 Å². The van der Waals surface area contributed by atoms with Crippen molar-refractivity contribution in [3.63, 3.8) is 0 Å². The number of hydrogen-bond donors (Lipinski definition) is 2. The van der Waals surface area contributed by atoms with Crippen molar-refractivity contribution in [2.24, 2.45) is 9.98 Å². The first-order valence-electron chi connectivity index (χ1n) is 6.85. The Morgan fingerprint density at radius 2 is 2.00 bits per heavy atom. The van der Waals surface area contributed by atoms with E-state index in [9.17, 15) is 4.79 Å². The summed E-state index contributed by atoms with van der Waals surface area (Å²) in [6.07, 6.45) is 4.04. The van der Waals surface area contributed by atoms with Gasteiger partial charge in [-0.1, -0.05) is 0 Å². The van der Waals surface area contributed by atoms with Gasteiger partial charge in [-0.15, -0.1) is 0 Å². The lowest BCUT2D eigenvalue weighted by molar-refractivity contribution is 0.256. The summed E-state index contributed by atoms with van der Waals surface area (Å²) in [6.45, 7) is 0. The molecule has 8 heteroatoms. The van der Waals surface area contributed by atoms with E-state index >= 15 is 0 Å². The SMILES string of the molecule is O=C1N=c2ccc(Nc3ncc(Br)c(NC4CC4)n3)cc2=N1. The molecular formula is C14H11BrN6O. The maximum Gasteiger partial charge on any atom is 0.368 e. The molecule has 0 spiro atoms. The van der Waals surface area contributed by atoms with E-state index in [0.717, 1.165) is 16.0 Å². The molecule has 110 valence electrons. The van der Waals surface area contributed by atoms with E-state index in [-0.39, 0.29) is 0 Å². The molecule has 1 saturated carbocycles. The standard InChI is InChI=1S/C14H11BrN6O/c15-9-6-16-13(21-12(9)17-7-1-2-7)18-8-3-4-10-11(5-8)20-14(22)19-10/h3-7H,1-2H2,(H2,16,17,18,21). The maximum absolute atomic E-state index is 11.2. The maximum atomic E-state index is 11.2. The zero-order chi connectivity index (χ0) is 15.1. The highest BCUT2D eigenvalue weighted by atomic mass is 79.9. The van der Waals surface area contributed by atoms with Crippen LogP contribution in [0.2, 0.25) is 0 Å². The summed E-state index contributed by atoms with van der Waals surface area (Å²) >= 11 is 3.44. The zero-order valence-electron chi connectivity index (χ0n) is 11.4. The number of hydrogen-bond acceptors (Lipinski definition) is 5. The molecule has 1 aromatic heterocycles. The molecule has 4 rings (SSSR count). The average Bonchev–Trinajstić information content (AvgIpc) is 3.22. The number of amides is 2. The second-order valence-electron chi connectivity index (χ2n) is 5.14. The number of nitrogens with zero attached hydrogens (tertiary/aromatic N) is 4. The molecule has 2 amide bonds. The van der Waals surface area contributed by atoms with Gasteiger partial charge in [0.15, 0.2) is 0 Å². The van der Waals surface area contributed by atoms with Crippen LogP contribution in [0.15, 0.2) is 38.9 Å². The van der Waals surface area contributed by atoms with Gasteiger partial charge in [0.1, 0.15) is 5.82 Å². The van der Waals surface area contributed by atoms with Crippen molar-refractivity contribution in [1.29, 1.82) is 0 Å². The first-order chi connectivity index (χ1) is 10.7. The number of urea groups is 1. The third kappa shape index (κ3) is 2.69. The molecule has 0 atom stereocenters. The van der Waals surface area contributed by atoms with Crippen LogP contribution < -0.4 is 21.3 Å². The monoisotopic (exact) mass is 358 g/mol. The third-order valence-corrected chi connectivity index (χ3v) is 3.91. The van der Waals surface area contributed by atoms with Crippen molar-refractivity contribution in [1.82, 2.24) is 9.97 Å². The van der Waals surface area contributed by atoms with Crippen molar-refractivity contribution in [3.05, 3.63) is 39.6 Å². The Labute approximate surface area is 133 Å². The molecular weight excluding hydrogens is 348 g/mol. The van der Waals surface area contributed by atoms with Gasteiger partial charge in [0.2, 0.25) is 5.95 Å². The van der Waals surface area contributed by atoms with Crippen LogP contribution in [0.4, 0.5) is 22.2 Å². The number of anilines is 3. The minimum absolute atomic E-state index is 0.469. The van der Waals surface area contributed by atoms with Crippen molar-refractivity contribution >= 4 is 39.4 Å². The fourth-order valence-electron chi connectivity index (χ4n) is 2.10. The topological polar surface area (TPSA) is 91.6 Å². The van der Waals surface area contributed by atoms with Crippen LogP contribution in [0, 0.1) is 0 Å². The number of fused-ring (bicyclic) bond motifs is 1. The van der Waals surface area contributed by atoms with E-state index in [1.165, 1.54) is 12.8 Å². The molecule has 1 aliphatic carbocycles. The number of carbonyl (C=O) groups excluding carboxylic acids is 1. The summed E-state index contributed by atoms with van der Waals surface area (Å²) < 4.78 is 0.832. The lowest BCUT2D eigenvalue weighted by Crippen LogP contribution is -2.21. The van der Waals surface area contributed by atoms with Crippen molar-refractivity contribution in [3.8, 4) is 0 Å². The van der Waals surface area contributed by atoms with Crippen LogP contribution in [0.25, 0.3) is 0 Å². The molecule has 7 nitrogen and oxygen atoms in total. The highest BCUT2D eigenvalue weighted by molar-refractivity contribution is 9.10. The Balaban J connectivity index is 1.61. The number of halogens is 1. The molecule has 2 heterocycles. The molecule has 1 aliphatic heterocycles. The second-order valence-corrected chi connectivity index (χ2v) is 6.00. The molecule has 22 heavy (non-hydrogen) atoms. The van der Waals surface area contributed by atoms with E-state index in [2.05, 4.69) is 46.5 Å². The normalized spacial score (nSPS) is 15.8. The molecule has 0 bridgehead atoms. The van der Waals surface area contributed by atoms with Gasteiger partial charge in [0.05, 0.1) is 15.2 Å². The van der Waals surface area contributed by atoms with Gasteiger partial charge in [0.25, 0.3) is 0 Å². The number of rotatable bonds is 4. The lowest BCUT2D eigenvalue weighted by atomic mass is 10.3. The van der Waals surface area contributed by atoms with Crippen molar-refractivity contribution in [2.45, 2.75) is 18.9 Å². The molecule has 1 fully saturated rings. The second kappa shape index (κ2) is 5.13. The lowest BCUT2D eigenvalue weighted by Gasteiger charge is -2.09. The minimum atomic E-state index is -0.469. The Bertz CT molecular complexity index is 893. The molecule has 0 radical (unpaired) electrons. The minimum Gasteiger partial charge on any atom is -0.366 e. The summed E-state index contributed by atoms with van der Waals surface area (Å²) in [5, 5.41) is 7.60. The predicted molar refractivity (Wildman–Crippen MR) is 83.8 cm³/mol. The third-order valence-electron chi connectivity index (χ3n) is 3.33. The Morgan fingerprint density at radius 3 is 2.82 bits per heavy atom. The first kappa shape index (κ1) is 13.3. The largest absolute Gasteiger partial charge is 0.368 e. The zero-order valence-corrected chi connectivity index (χ0v) is 13.0. The summed E-state index contributed by atoms with van der Waals surface area (Å²) in [7, 11) is 0. The van der Waals surface area contributed by atoms with E-state index in [1.807, 2.05) is 6.07 Å². The highest BCUT2D eigenvalue weighted by Crippen LogP contribution is 2.28. The molecule has 2 aliphatic rings. The summed E-state index contributed by atoms with van der Waals surface area (Å²) in [6, 6.07) is 5.35. The first-order valence-corrected chi connectivity index (χ1v) is 7.64. The fraction of sp³-hybridized carbons (Fsp3) is 0.214. The van der Waals surface area contributed by atoms with Crippen LogP contribution in [0.3, 0.4) is 0 Å². The van der Waals surface area contributed by atoms with E-state index < -0.39 is 6.03 Å². The smallest absolute Gasteiger partial charge is 0.366 e. The highest BCUT2D eigenvalue weighted by Gasteiger charge is 2.22. The Morgan fingerprint density at radius 1 is 1.18 bits per heavy atom. The van der Waals surface area contributed by atoms with Crippen LogP contribution in [0.1, 0.15) is 12.8 Å². The van der Waals surface area contributed by atoms with Gasteiger partial charge in [-0.2, -0.15) is 15.0 Å². The van der Waals surface area contributed by atoms with E-state index in [0.29, 0.717) is 22.7 Å². The van der Waals surface area contributed by atoms with Gasteiger partial charge in [-0.3, -0.25) is 0 Å². The predicted octanol–water partition coefficient (Wildman–Crippen LogP) is 1.93. The van der Waals surface area contributed by atoms with Gasteiger partial charge < -0.3 is 10.6 Å². The number of benzene rings is 1. The number of carbonyl (C=O) groups is 1.